The van der Waals surface area contributed by atoms with Gasteiger partial charge >= 0.3 is 0 Å². The van der Waals surface area contributed by atoms with Crippen LogP contribution in [0.5, 0.6) is 0 Å². The first-order valence-electron chi connectivity index (χ1n) is 5.24. The monoisotopic (exact) mass is 349 g/mol. The maximum absolute atomic E-state index is 13.2. The van der Waals surface area contributed by atoms with Gasteiger partial charge in [-0.3, -0.25) is 9.67 Å². The quantitative estimate of drug-likeness (QED) is 0.803. The maximum Gasteiger partial charge on any atom is 0.199 e. The Morgan fingerprint density at radius 3 is 2.72 bits per heavy atom. The van der Waals surface area contributed by atoms with Crippen LogP contribution in [0.4, 0.5) is 4.39 Å². The summed E-state index contributed by atoms with van der Waals surface area (Å²) in [5.74, 6) is 0.497. The molecule has 2 aromatic rings. The van der Waals surface area contributed by atoms with Crippen molar-refractivity contribution in [1.29, 1.82) is 0 Å². The van der Waals surface area contributed by atoms with E-state index in [1.165, 1.54) is 12.1 Å². The van der Waals surface area contributed by atoms with Crippen LogP contribution >= 0.6 is 39.7 Å². The van der Waals surface area contributed by atoms with Gasteiger partial charge in [-0.1, -0.05) is 25.4 Å². The number of nitrogens with zero attached hydrogens (tertiary/aromatic N) is 2. The molecule has 0 fully saturated rings. The number of aromatic amines is 1. The predicted molar refractivity (Wildman–Crippen MR) is 75.5 cm³/mol. The Hall–Kier alpha value is -0.720. The molecule has 0 saturated heterocycles. The fourth-order valence-corrected chi connectivity index (χ4v) is 2.91. The smallest absolute Gasteiger partial charge is 0.199 e. The molecule has 2 rings (SSSR count). The first-order chi connectivity index (χ1) is 8.41. The molecule has 1 aromatic carbocycles. The number of H-pyrrole nitrogens is 1. The van der Waals surface area contributed by atoms with Crippen molar-refractivity contribution in [2.24, 2.45) is 0 Å². The van der Waals surface area contributed by atoms with E-state index >= 15 is 0 Å². The zero-order chi connectivity index (χ0) is 13.4. The van der Waals surface area contributed by atoms with E-state index in [0.717, 1.165) is 5.82 Å². The minimum Gasteiger partial charge on any atom is -0.269 e. The fraction of sp³-hybridized carbons (Fsp3) is 0.273. The molecular formula is C11H10BrClFN3S. The Morgan fingerprint density at radius 1 is 1.50 bits per heavy atom. The van der Waals surface area contributed by atoms with Gasteiger partial charge in [0.15, 0.2) is 4.77 Å². The van der Waals surface area contributed by atoms with Gasteiger partial charge in [-0.2, -0.15) is 5.10 Å². The zero-order valence-electron chi connectivity index (χ0n) is 9.67. The van der Waals surface area contributed by atoms with E-state index in [1.807, 2.05) is 13.8 Å². The molecule has 0 bridgehead atoms. The molecule has 0 aliphatic rings. The van der Waals surface area contributed by atoms with Crippen LogP contribution in [0.2, 0.25) is 5.02 Å². The van der Waals surface area contributed by atoms with Gasteiger partial charge in [0.2, 0.25) is 0 Å². The van der Waals surface area contributed by atoms with Gasteiger partial charge in [-0.05, 0) is 40.3 Å². The summed E-state index contributed by atoms with van der Waals surface area (Å²) in [6.07, 6.45) is 0. The van der Waals surface area contributed by atoms with Crippen LogP contribution < -0.4 is 0 Å². The summed E-state index contributed by atoms with van der Waals surface area (Å²) in [5, 5.41) is 7.18. The van der Waals surface area contributed by atoms with Gasteiger partial charge in [-0.25, -0.2) is 4.39 Å². The minimum absolute atomic E-state index is 0.158. The van der Waals surface area contributed by atoms with E-state index in [1.54, 1.807) is 4.57 Å². The normalized spacial score (nSPS) is 11.2. The third-order valence-corrected chi connectivity index (χ3v) is 3.59. The van der Waals surface area contributed by atoms with Crippen molar-refractivity contribution in [1.82, 2.24) is 14.8 Å². The molecule has 1 heterocycles. The van der Waals surface area contributed by atoms with Crippen LogP contribution in [0, 0.1) is 10.6 Å². The van der Waals surface area contributed by atoms with Gasteiger partial charge in [-0.15, -0.1) is 0 Å². The summed E-state index contributed by atoms with van der Waals surface area (Å²) >= 11 is 14.6. The summed E-state index contributed by atoms with van der Waals surface area (Å²) in [4.78, 5) is 0. The molecule has 0 amide bonds. The second-order valence-corrected chi connectivity index (χ2v) is 5.74. The third-order valence-electron chi connectivity index (χ3n) is 2.42. The lowest BCUT2D eigenvalue weighted by molar-refractivity contribution is 0.626. The largest absolute Gasteiger partial charge is 0.269 e. The molecular weight excluding hydrogens is 341 g/mol. The maximum atomic E-state index is 13.2. The van der Waals surface area contributed by atoms with E-state index in [9.17, 15) is 4.39 Å². The van der Waals surface area contributed by atoms with E-state index in [0.29, 0.717) is 14.9 Å². The van der Waals surface area contributed by atoms with Crippen LogP contribution in [0.3, 0.4) is 0 Å². The molecule has 3 nitrogen and oxygen atoms in total. The fourth-order valence-electron chi connectivity index (χ4n) is 1.66. The van der Waals surface area contributed by atoms with E-state index in [2.05, 4.69) is 26.1 Å². The molecule has 1 aromatic heterocycles. The topological polar surface area (TPSA) is 33.6 Å². The number of hydrogen-bond donors (Lipinski definition) is 1. The Bertz CT molecular complexity index is 627. The highest BCUT2D eigenvalue weighted by atomic mass is 79.9. The standard InChI is InChI=1S/C11H10BrClFN3S/c1-5(2)10-15-16-11(18)17(10)9-7(12)3-6(14)4-8(9)13/h3-5H,1-2H3,(H,16,18). The van der Waals surface area contributed by atoms with Crippen LogP contribution in [-0.2, 0) is 0 Å². The van der Waals surface area contributed by atoms with Gasteiger partial charge in [0, 0.05) is 10.4 Å². The van der Waals surface area contributed by atoms with Gasteiger partial charge in [0.05, 0.1) is 10.7 Å². The molecule has 0 spiro atoms. The molecule has 0 aliphatic carbocycles. The highest BCUT2D eigenvalue weighted by molar-refractivity contribution is 9.10. The van der Waals surface area contributed by atoms with Crippen molar-refractivity contribution < 1.29 is 4.39 Å². The first-order valence-corrected chi connectivity index (χ1v) is 6.82. The summed E-state index contributed by atoms with van der Waals surface area (Å²) < 4.78 is 15.9. The summed E-state index contributed by atoms with van der Waals surface area (Å²) in [6.45, 7) is 3.99. The third kappa shape index (κ3) is 2.37. The van der Waals surface area contributed by atoms with Gasteiger partial charge < -0.3 is 0 Å². The molecule has 0 atom stereocenters. The lowest BCUT2D eigenvalue weighted by Gasteiger charge is -2.12. The number of aromatic nitrogens is 3. The highest BCUT2D eigenvalue weighted by Crippen LogP contribution is 2.32. The predicted octanol–water partition coefficient (Wildman–Crippen LogP) is 4.61. The second kappa shape index (κ2) is 5.11. The summed E-state index contributed by atoms with van der Waals surface area (Å²) in [6, 6.07) is 2.60. The Morgan fingerprint density at radius 2 is 2.17 bits per heavy atom. The van der Waals surface area contributed by atoms with Crippen molar-refractivity contribution in [3.05, 3.63) is 38.0 Å². The van der Waals surface area contributed by atoms with Gasteiger partial charge in [0.25, 0.3) is 0 Å². The SMILES string of the molecule is CC(C)c1n[nH]c(=S)n1-c1c(Cl)cc(F)cc1Br. The lowest BCUT2D eigenvalue weighted by atomic mass is 10.2. The number of nitrogens with one attached hydrogen (secondary N) is 1. The summed E-state index contributed by atoms with van der Waals surface area (Å²) in [7, 11) is 0. The van der Waals surface area contributed by atoms with Crippen LogP contribution in [0.15, 0.2) is 16.6 Å². The highest BCUT2D eigenvalue weighted by Gasteiger charge is 2.17. The van der Waals surface area contributed by atoms with Crippen LogP contribution in [0.1, 0.15) is 25.6 Å². The van der Waals surface area contributed by atoms with Crippen molar-refractivity contribution in [3.8, 4) is 5.69 Å². The number of benzene rings is 1. The number of hydrogen-bond acceptors (Lipinski definition) is 2. The van der Waals surface area contributed by atoms with Crippen molar-refractivity contribution in [2.45, 2.75) is 19.8 Å². The van der Waals surface area contributed by atoms with Crippen LogP contribution in [0.25, 0.3) is 5.69 Å². The van der Waals surface area contributed by atoms with Gasteiger partial charge in [0.1, 0.15) is 11.6 Å². The molecule has 96 valence electrons. The molecule has 18 heavy (non-hydrogen) atoms. The first kappa shape index (κ1) is 13.7. The lowest BCUT2D eigenvalue weighted by Crippen LogP contribution is -2.05. The molecule has 0 radical (unpaired) electrons. The van der Waals surface area contributed by atoms with Crippen LogP contribution in [-0.4, -0.2) is 14.8 Å². The molecule has 7 heteroatoms. The van der Waals surface area contributed by atoms with E-state index in [4.69, 9.17) is 23.8 Å². The zero-order valence-corrected chi connectivity index (χ0v) is 12.8. The second-order valence-electron chi connectivity index (χ2n) is 4.10. The summed E-state index contributed by atoms with van der Waals surface area (Å²) in [5.41, 5.74) is 0.598. The molecule has 0 unspecified atom stereocenters. The van der Waals surface area contributed by atoms with E-state index < -0.39 is 5.82 Å². The Balaban J connectivity index is 2.77. The molecule has 0 aliphatic heterocycles. The average molecular weight is 351 g/mol. The average Bonchev–Trinajstić information content (AvgIpc) is 2.59. The van der Waals surface area contributed by atoms with Crippen molar-refractivity contribution >= 4 is 39.7 Å². The van der Waals surface area contributed by atoms with E-state index in [-0.39, 0.29) is 10.9 Å². The minimum atomic E-state index is -0.406. The molecule has 1 N–H and O–H groups in total. The Kier molecular flexibility index (Phi) is 3.89. The van der Waals surface area contributed by atoms with Crippen molar-refractivity contribution in [2.75, 3.05) is 0 Å². The number of halogens is 3. The Labute approximate surface area is 122 Å². The van der Waals surface area contributed by atoms with Crippen molar-refractivity contribution in [3.63, 3.8) is 0 Å². The number of rotatable bonds is 2. The molecule has 0 saturated carbocycles.